The van der Waals surface area contributed by atoms with Gasteiger partial charge in [-0.2, -0.15) is 0 Å². The number of methoxy groups -OCH3 is 1. The Morgan fingerprint density at radius 3 is 2.58 bits per heavy atom. The molecule has 26 heavy (non-hydrogen) atoms. The summed E-state index contributed by atoms with van der Waals surface area (Å²) in [7, 11) is 0.582. The van der Waals surface area contributed by atoms with Crippen molar-refractivity contribution in [3.05, 3.63) is 53.2 Å². The lowest BCUT2D eigenvalue weighted by Crippen LogP contribution is -2.22. The minimum atomic E-state index is -3.68. The first-order valence-electron chi connectivity index (χ1n) is 7.45. The molecule has 0 fully saturated rings. The van der Waals surface area contributed by atoms with Crippen LogP contribution in [0.3, 0.4) is 0 Å². The zero-order valence-electron chi connectivity index (χ0n) is 14.4. The number of carbonyl (C=O) groups is 1. The Labute approximate surface area is 157 Å². The number of benzene rings is 1. The number of halogens is 1. The van der Waals surface area contributed by atoms with E-state index in [0.29, 0.717) is 16.4 Å². The van der Waals surface area contributed by atoms with E-state index < -0.39 is 15.9 Å². The van der Waals surface area contributed by atoms with Crippen LogP contribution in [0.25, 0.3) is 6.08 Å². The van der Waals surface area contributed by atoms with Crippen molar-refractivity contribution >= 4 is 39.4 Å². The van der Waals surface area contributed by atoms with Gasteiger partial charge in [-0.1, -0.05) is 17.7 Å². The van der Waals surface area contributed by atoms with Crippen LogP contribution in [-0.4, -0.2) is 44.8 Å². The Morgan fingerprint density at radius 2 is 2.00 bits per heavy atom. The lowest BCUT2D eigenvalue weighted by atomic mass is 10.2. The highest BCUT2D eigenvalue weighted by Gasteiger charge is 2.22. The molecule has 0 aliphatic rings. The molecule has 0 bridgehead atoms. The van der Waals surface area contributed by atoms with E-state index in [1.807, 2.05) is 0 Å². The number of nitrogens with zero attached hydrogens (tertiary/aromatic N) is 2. The van der Waals surface area contributed by atoms with E-state index in [1.54, 1.807) is 18.2 Å². The molecule has 0 atom stereocenters. The Hall–Kier alpha value is -2.42. The van der Waals surface area contributed by atoms with Crippen molar-refractivity contribution in [2.24, 2.45) is 0 Å². The molecule has 2 rings (SSSR count). The highest BCUT2D eigenvalue weighted by Crippen LogP contribution is 2.27. The van der Waals surface area contributed by atoms with Crippen LogP contribution in [0.4, 0.5) is 5.82 Å². The van der Waals surface area contributed by atoms with Gasteiger partial charge in [-0.05, 0) is 35.9 Å². The molecule has 1 N–H and O–H groups in total. The molecule has 1 aromatic carbocycles. The normalized spacial score (nSPS) is 11.7. The topological polar surface area (TPSA) is 88.6 Å². The fraction of sp³-hybridized carbons (Fsp3) is 0.176. The molecule has 1 amide bonds. The van der Waals surface area contributed by atoms with Crippen molar-refractivity contribution in [1.82, 2.24) is 9.29 Å². The third-order valence-corrected chi connectivity index (χ3v) is 5.41. The average Bonchev–Trinajstić information content (AvgIpc) is 2.61. The van der Waals surface area contributed by atoms with Crippen molar-refractivity contribution in [1.29, 1.82) is 0 Å². The summed E-state index contributed by atoms with van der Waals surface area (Å²) in [5, 5.41) is 3.04. The minimum Gasteiger partial charge on any atom is -0.495 e. The molecule has 9 heteroatoms. The third kappa shape index (κ3) is 4.81. The zero-order valence-corrected chi connectivity index (χ0v) is 16.0. The molecular weight excluding hydrogens is 378 g/mol. The third-order valence-electron chi connectivity index (χ3n) is 3.35. The van der Waals surface area contributed by atoms with Crippen molar-refractivity contribution in [3.8, 4) is 5.75 Å². The Bertz CT molecular complexity index is 926. The second kappa shape index (κ2) is 8.31. The fourth-order valence-electron chi connectivity index (χ4n) is 1.98. The Kier molecular flexibility index (Phi) is 6.36. The van der Waals surface area contributed by atoms with Gasteiger partial charge in [0.25, 0.3) is 0 Å². The Morgan fingerprint density at radius 1 is 1.27 bits per heavy atom. The highest BCUT2D eigenvalue weighted by molar-refractivity contribution is 7.89. The van der Waals surface area contributed by atoms with E-state index in [-0.39, 0.29) is 10.6 Å². The maximum absolute atomic E-state index is 12.4. The number of pyridine rings is 1. The van der Waals surface area contributed by atoms with Crippen LogP contribution < -0.4 is 10.1 Å². The second-order valence-corrected chi connectivity index (χ2v) is 7.94. The standard InChI is InChI=1S/C17H18ClN3O4S/c1-21(2)26(23,24)15-10-12(4-7-14(15)25-3)5-9-17(22)20-16-8-6-13(18)11-19-16/h4-11H,1-3H3,(H,19,20,22)/b9-5+. The van der Waals surface area contributed by atoms with E-state index >= 15 is 0 Å². The quantitative estimate of drug-likeness (QED) is 0.759. The number of hydrogen-bond acceptors (Lipinski definition) is 5. The number of hydrogen-bond donors (Lipinski definition) is 1. The molecule has 0 saturated carbocycles. The summed E-state index contributed by atoms with van der Waals surface area (Å²) < 4.78 is 31.0. The number of anilines is 1. The number of ether oxygens (including phenoxy) is 1. The number of aromatic nitrogens is 1. The van der Waals surface area contributed by atoms with E-state index in [1.165, 1.54) is 51.7 Å². The molecule has 0 radical (unpaired) electrons. The predicted octanol–water partition coefficient (Wildman–Crippen LogP) is 2.65. The average molecular weight is 396 g/mol. The lowest BCUT2D eigenvalue weighted by Gasteiger charge is -2.14. The van der Waals surface area contributed by atoms with E-state index in [9.17, 15) is 13.2 Å². The molecule has 7 nitrogen and oxygen atoms in total. The highest BCUT2D eigenvalue weighted by atomic mass is 35.5. The van der Waals surface area contributed by atoms with E-state index in [0.717, 1.165) is 4.31 Å². The number of nitrogens with one attached hydrogen (secondary N) is 1. The van der Waals surface area contributed by atoms with Gasteiger partial charge < -0.3 is 10.1 Å². The van der Waals surface area contributed by atoms with E-state index in [4.69, 9.17) is 16.3 Å². The number of amides is 1. The van der Waals surface area contributed by atoms with Crippen LogP contribution in [-0.2, 0) is 14.8 Å². The maximum Gasteiger partial charge on any atom is 0.249 e. The predicted molar refractivity (Wildman–Crippen MR) is 101 cm³/mol. The van der Waals surface area contributed by atoms with Crippen molar-refractivity contribution < 1.29 is 17.9 Å². The fourth-order valence-corrected chi connectivity index (χ4v) is 3.18. The van der Waals surface area contributed by atoms with Crippen LogP contribution in [0, 0.1) is 0 Å². The van der Waals surface area contributed by atoms with Crippen LogP contribution >= 0.6 is 11.6 Å². The second-order valence-electron chi connectivity index (χ2n) is 5.38. The molecule has 0 saturated heterocycles. The van der Waals surface area contributed by atoms with Gasteiger partial charge in [-0.15, -0.1) is 0 Å². The van der Waals surface area contributed by atoms with E-state index in [2.05, 4.69) is 10.3 Å². The smallest absolute Gasteiger partial charge is 0.249 e. The SMILES string of the molecule is COc1ccc(/C=C/C(=O)Nc2ccc(Cl)cn2)cc1S(=O)(=O)N(C)C. The first-order chi connectivity index (χ1) is 12.2. The summed E-state index contributed by atoms with van der Waals surface area (Å²) in [6.45, 7) is 0. The molecule has 0 aliphatic heterocycles. The number of rotatable bonds is 6. The molecule has 1 aromatic heterocycles. The van der Waals surface area contributed by atoms with Crippen LogP contribution in [0.15, 0.2) is 47.5 Å². The largest absolute Gasteiger partial charge is 0.495 e. The van der Waals surface area contributed by atoms with Gasteiger partial charge >= 0.3 is 0 Å². The van der Waals surface area contributed by atoms with Crippen LogP contribution in [0.5, 0.6) is 5.75 Å². The molecular formula is C17H18ClN3O4S. The first-order valence-corrected chi connectivity index (χ1v) is 9.27. The molecule has 138 valence electrons. The number of carbonyl (C=O) groups excluding carboxylic acids is 1. The van der Waals surface area contributed by atoms with Crippen molar-refractivity contribution in [2.45, 2.75) is 4.90 Å². The molecule has 0 spiro atoms. The summed E-state index contributed by atoms with van der Waals surface area (Å²) in [4.78, 5) is 15.9. The molecule has 0 aliphatic carbocycles. The Balaban J connectivity index is 2.22. The van der Waals surface area contributed by atoms with Gasteiger partial charge in [0, 0.05) is 26.4 Å². The lowest BCUT2D eigenvalue weighted by molar-refractivity contribution is -0.111. The summed E-state index contributed by atoms with van der Waals surface area (Å²) in [5.74, 6) is 0.174. The van der Waals surface area contributed by atoms with Gasteiger partial charge in [0.2, 0.25) is 15.9 Å². The monoisotopic (exact) mass is 395 g/mol. The summed E-state index contributed by atoms with van der Waals surface area (Å²) >= 11 is 5.74. The van der Waals surface area contributed by atoms with Gasteiger partial charge in [-0.3, -0.25) is 4.79 Å². The maximum atomic E-state index is 12.4. The van der Waals surface area contributed by atoms with Crippen molar-refractivity contribution in [2.75, 3.05) is 26.5 Å². The minimum absolute atomic E-state index is 0.0203. The van der Waals surface area contributed by atoms with Crippen molar-refractivity contribution in [3.63, 3.8) is 0 Å². The summed E-state index contributed by atoms with van der Waals surface area (Å²) in [5.41, 5.74) is 0.533. The van der Waals surface area contributed by atoms with Gasteiger partial charge in [-0.25, -0.2) is 17.7 Å². The van der Waals surface area contributed by atoms with Gasteiger partial charge in [0.05, 0.1) is 12.1 Å². The van der Waals surface area contributed by atoms with Crippen LogP contribution in [0.2, 0.25) is 5.02 Å². The molecule has 0 unspecified atom stereocenters. The molecule has 1 heterocycles. The van der Waals surface area contributed by atoms with Crippen LogP contribution in [0.1, 0.15) is 5.56 Å². The summed E-state index contributed by atoms with van der Waals surface area (Å²) in [6, 6.07) is 7.81. The first kappa shape index (κ1) is 19.9. The van der Waals surface area contributed by atoms with Gasteiger partial charge in [0.1, 0.15) is 16.5 Å². The van der Waals surface area contributed by atoms with Gasteiger partial charge in [0.15, 0.2) is 0 Å². The zero-order chi connectivity index (χ0) is 19.3. The molecule has 2 aromatic rings. The summed E-state index contributed by atoms with van der Waals surface area (Å²) in [6.07, 6.45) is 4.20. The number of sulfonamides is 1.